The quantitative estimate of drug-likeness (QED) is 0.506. The van der Waals surface area contributed by atoms with Gasteiger partial charge in [-0.1, -0.05) is 24.3 Å². The molecule has 5 unspecified atom stereocenters. The molecule has 2 saturated heterocycles. The molecule has 4 fully saturated rings. The second kappa shape index (κ2) is 8.31. The summed E-state index contributed by atoms with van der Waals surface area (Å²) in [5, 5.41) is 3.55. The van der Waals surface area contributed by atoms with Gasteiger partial charge in [0.25, 0.3) is 0 Å². The van der Waals surface area contributed by atoms with Crippen molar-refractivity contribution in [3.8, 4) is 0 Å². The molecule has 6 heteroatoms. The molecular formula is C30H40BN3O2. The number of hydrogen-bond acceptors (Lipinski definition) is 4. The Labute approximate surface area is 216 Å². The molecule has 0 amide bonds. The van der Waals surface area contributed by atoms with Crippen LogP contribution in [0.5, 0.6) is 0 Å². The highest BCUT2D eigenvalue weighted by atomic mass is 16.7. The van der Waals surface area contributed by atoms with E-state index < -0.39 is 0 Å². The summed E-state index contributed by atoms with van der Waals surface area (Å²) in [6.07, 6.45) is 20.3. The van der Waals surface area contributed by atoms with Crippen molar-refractivity contribution in [3.05, 3.63) is 58.6 Å². The van der Waals surface area contributed by atoms with E-state index >= 15 is 0 Å². The number of hydrogen-bond donors (Lipinski definition) is 2. The van der Waals surface area contributed by atoms with Crippen LogP contribution < -0.4 is 5.32 Å². The van der Waals surface area contributed by atoms with E-state index in [0.29, 0.717) is 17.9 Å². The summed E-state index contributed by atoms with van der Waals surface area (Å²) in [6.45, 7) is 9.76. The zero-order chi connectivity index (χ0) is 24.7. The molecule has 2 saturated carbocycles. The smallest absolute Gasteiger partial charge is 0.400 e. The minimum absolute atomic E-state index is 0.213. The fourth-order valence-corrected chi connectivity index (χ4v) is 7.86. The van der Waals surface area contributed by atoms with Crippen LogP contribution >= 0.6 is 0 Å². The molecule has 190 valence electrons. The molecule has 0 aromatic carbocycles. The second-order valence-electron chi connectivity index (χ2n) is 13.0. The van der Waals surface area contributed by atoms with E-state index in [4.69, 9.17) is 14.3 Å². The van der Waals surface area contributed by atoms with Crippen molar-refractivity contribution in [3.63, 3.8) is 0 Å². The third kappa shape index (κ3) is 3.59. The highest BCUT2D eigenvalue weighted by Gasteiger charge is 2.58. The Hall–Kier alpha value is -1.89. The van der Waals surface area contributed by atoms with E-state index in [9.17, 15) is 0 Å². The van der Waals surface area contributed by atoms with Crippen LogP contribution in [0.25, 0.3) is 5.57 Å². The Bertz CT molecular complexity index is 1170. The van der Waals surface area contributed by atoms with Gasteiger partial charge < -0.3 is 19.6 Å². The molecule has 2 aliphatic heterocycles. The lowest BCUT2D eigenvalue weighted by molar-refractivity contribution is 0.00578. The molecule has 2 bridgehead atoms. The molecular weight excluding hydrogens is 445 g/mol. The van der Waals surface area contributed by atoms with Crippen LogP contribution in [0.4, 0.5) is 0 Å². The number of aromatic nitrogens is 2. The number of rotatable bonds is 4. The minimum atomic E-state index is -0.289. The number of aromatic amines is 1. The lowest BCUT2D eigenvalue weighted by Crippen LogP contribution is -2.41. The monoisotopic (exact) mass is 485 g/mol. The number of nitrogens with zero attached hydrogens (tertiary/aromatic N) is 1. The van der Waals surface area contributed by atoms with E-state index in [2.05, 4.69) is 62.3 Å². The zero-order valence-corrected chi connectivity index (χ0v) is 22.3. The second-order valence-corrected chi connectivity index (χ2v) is 13.0. The number of H-pyrrole nitrogens is 1. The average molecular weight is 485 g/mol. The molecule has 3 heterocycles. The van der Waals surface area contributed by atoms with Gasteiger partial charge in [-0.25, -0.2) is 4.98 Å². The standard InChI is InChI=1S/C30H40BN3O2/c1-29(2)30(3,4)36-31(35-29)23-14-13-22(26-20-11-12-21(16-20)27(23)26)18-7-9-19(10-8-18)25-17-33-28(34-25)24-6-5-15-32-24/h7,9,13-14,17,20-21,24,26-27,32H,5-6,8,10-12,15-16H2,1-4H3,(H,33,34). The Morgan fingerprint density at radius 3 is 2.31 bits per heavy atom. The molecule has 0 radical (unpaired) electrons. The number of imidazole rings is 1. The average Bonchev–Trinajstić information content (AvgIpc) is 3.67. The molecule has 6 aliphatic rings. The van der Waals surface area contributed by atoms with Gasteiger partial charge in [0.2, 0.25) is 0 Å². The normalized spacial score (nSPS) is 36.4. The van der Waals surface area contributed by atoms with E-state index in [1.165, 1.54) is 54.4 Å². The fourth-order valence-electron chi connectivity index (χ4n) is 7.86. The van der Waals surface area contributed by atoms with E-state index in [0.717, 1.165) is 37.0 Å². The topological polar surface area (TPSA) is 59.2 Å². The summed E-state index contributed by atoms with van der Waals surface area (Å²) in [7, 11) is -0.213. The zero-order valence-electron chi connectivity index (χ0n) is 22.3. The molecule has 0 spiro atoms. The van der Waals surface area contributed by atoms with Crippen molar-refractivity contribution < 1.29 is 9.31 Å². The predicted molar refractivity (Wildman–Crippen MR) is 144 cm³/mol. The van der Waals surface area contributed by atoms with Crippen molar-refractivity contribution in [2.75, 3.05) is 6.54 Å². The highest BCUT2D eigenvalue weighted by Crippen LogP contribution is 2.61. The maximum Gasteiger partial charge on any atom is 0.490 e. The Kier molecular flexibility index (Phi) is 5.37. The summed E-state index contributed by atoms with van der Waals surface area (Å²) >= 11 is 0. The molecule has 1 aromatic heterocycles. The maximum absolute atomic E-state index is 6.54. The fraction of sp³-hybridized carbons (Fsp3) is 0.633. The van der Waals surface area contributed by atoms with Gasteiger partial charge in [-0.05, 0) is 125 Å². The molecule has 36 heavy (non-hydrogen) atoms. The highest BCUT2D eigenvalue weighted by molar-refractivity contribution is 6.55. The van der Waals surface area contributed by atoms with E-state index in [1.54, 1.807) is 5.57 Å². The van der Waals surface area contributed by atoms with Crippen molar-refractivity contribution in [2.24, 2.45) is 23.7 Å². The van der Waals surface area contributed by atoms with Crippen LogP contribution in [0, 0.1) is 23.7 Å². The van der Waals surface area contributed by atoms with Gasteiger partial charge in [0.15, 0.2) is 0 Å². The number of fused-ring (bicyclic) bond motifs is 5. The lowest BCUT2D eigenvalue weighted by Gasteiger charge is -2.39. The molecule has 1 aromatic rings. The third-order valence-corrected chi connectivity index (χ3v) is 10.5. The summed E-state index contributed by atoms with van der Waals surface area (Å²) in [5.41, 5.74) is 6.50. The van der Waals surface area contributed by atoms with Gasteiger partial charge in [-0.3, -0.25) is 0 Å². The first-order chi connectivity index (χ1) is 17.3. The Balaban J connectivity index is 1.17. The largest absolute Gasteiger partial charge is 0.490 e. The summed E-state index contributed by atoms with van der Waals surface area (Å²) in [6, 6.07) is 0.390. The third-order valence-electron chi connectivity index (χ3n) is 10.5. The lowest BCUT2D eigenvalue weighted by atomic mass is 9.58. The van der Waals surface area contributed by atoms with Crippen LogP contribution in [0.2, 0.25) is 0 Å². The SMILES string of the molecule is CC1(C)OB(C2=CC=C(C3=CC=C(c4cnc(C5CCCN5)[nH]4)CC3)C3C4CCC(C4)C23)OC1(C)C. The summed E-state index contributed by atoms with van der Waals surface area (Å²) < 4.78 is 13.1. The molecule has 7 rings (SSSR count). The summed E-state index contributed by atoms with van der Waals surface area (Å²) in [5.74, 6) is 3.86. The molecule has 2 N–H and O–H groups in total. The van der Waals surface area contributed by atoms with Crippen LogP contribution in [-0.4, -0.2) is 34.8 Å². The Morgan fingerprint density at radius 2 is 1.61 bits per heavy atom. The van der Waals surface area contributed by atoms with Gasteiger partial charge in [0, 0.05) is 0 Å². The van der Waals surface area contributed by atoms with Crippen LogP contribution in [-0.2, 0) is 9.31 Å². The molecule has 4 aliphatic carbocycles. The summed E-state index contributed by atoms with van der Waals surface area (Å²) in [4.78, 5) is 8.30. The van der Waals surface area contributed by atoms with Crippen molar-refractivity contribution in [1.82, 2.24) is 15.3 Å². The minimum Gasteiger partial charge on any atom is -0.400 e. The Morgan fingerprint density at radius 1 is 0.889 bits per heavy atom. The van der Waals surface area contributed by atoms with Gasteiger partial charge in [-0.15, -0.1) is 0 Å². The van der Waals surface area contributed by atoms with Crippen LogP contribution in [0.15, 0.2) is 47.1 Å². The first-order valence-electron chi connectivity index (χ1n) is 14.3. The maximum atomic E-state index is 6.54. The van der Waals surface area contributed by atoms with Crippen molar-refractivity contribution >= 4 is 12.7 Å². The predicted octanol–water partition coefficient (Wildman–Crippen LogP) is 6.10. The first-order valence-corrected chi connectivity index (χ1v) is 14.3. The van der Waals surface area contributed by atoms with Crippen LogP contribution in [0.1, 0.15) is 90.2 Å². The van der Waals surface area contributed by atoms with E-state index in [1.807, 2.05) is 6.20 Å². The first kappa shape index (κ1) is 23.2. The van der Waals surface area contributed by atoms with Gasteiger partial charge in [0.05, 0.1) is 29.1 Å². The van der Waals surface area contributed by atoms with Crippen LogP contribution in [0.3, 0.4) is 0 Å². The molecule has 5 atom stereocenters. The van der Waals surface area contributed by atoms with Crippen molar-refractivity contribution in [2.45, 2.75) is 89.9 Å². The van der Waals surface area contributed by atoms with Crippen molar-refractivity contribution in [1.29, 1.82) is 0 Å². The van der Waals surface area contributed by atoms with Gasteiger partial charge in [-0.2, -0.15) is 0 Å². The van der Waals surface area contributed by atoms with Gasteiger partial charge >= 0.3 is 7.12 Å². The van der Waals surface area contributed by atoms with Gasteiger partial charge in [0.1, 0.15) is 5.82 Å². The molecule has 5 nitrogen and oxygen atoms in total. The number of allylic oxidation sites excluding steroid dienone is 8. The van der Waals surface area contributed by atoms with E-state index in [-0.39, 0.29) is 18.3 Å². The number of nitrogens with one attached hydrogen (secondary N) is 2.